The number of halogens is 1. The van der Waals surface area contributed by atoms with Crippen LogP contribution in [0.15, 0.2) is 36.4 Å². The molecule has 0 aliphatic rings. The average Bonchev–Trinajstić information content (AvgIpc) is 2.63. The van der Waals surface area contributed by atoms with Crippen molar-refractivity contribution in [2.45, 2.75) is 26.4 Å². The van der Waals surface area contributed by atoms with Gasteiger partial charge in [0, 0.05) is 30.3 Å². The number of ether oxygens (including phenoxy) is 1. The highest BCUT2D eigenvalue weighted by Gasteiger charge is 2.32. The zero-order valence-electron chi connectivity index (χ0n) is 16.0. The summed E-state index contributed by atoms with van der Waals surface area (Å²) in [5.41, 5.74) is -1.65. The van der Waals surface area contributed by atoms with Gasteiger partial charge in [-0.2, -0.15) is 0 Å². The molecule has 0 saturated carbocycles. The first-order chi connectivity index (χ1) is 13.5. The number of benzene rings is 2. The molecule has 0 spiro atoms. The number of hydrogen-bond donors (Lipinski definition) is 3. The van der Waals surface area contributed by atoms with Gasteiger partial charge in [0.2, 0.25) is 5.91 Å². The SMILES string of the molecule is CC(=O)Nc1ccc(OC[C@](C)(O)C(=O)Nc2ccc(C)c([N+](=O)[O-])c2)cc1F. The number of amides is 2. The molecule has 0 bridgehead atoms. The molecule has 1 atom stereocenters. The molecular weight excluding hydrogens is 385 g/mol. The minimum absolute atomic E-state index is 0.0321. The number of nitrogens with one attached hydrogen (secondary N) is 2. The standard InChI is InChI=1S/C19H20FN3O6/c1-11-4-5-13(8-17(11)23(27)28)22-18(25)19(3,26)10-29-14-6-7-16(15(20)9-14)21-12(2)24/h4-9,26H,10H2,1-3H3,(H,21,24)(H,22,25)/t19-/m0/s1. The highest BCUT2D eigenvalue weighted by atomic mass is 19.1. The number of carbonyl (C=O) groups is 2. The van der Waals surface area contributed by atoms with Crippen LogP contribution in [0.1, 0.15) is 19.4 Å². The highest BCUT2D eigenvalue weighted by Crippen LogP contribution is 2.24. The maximum atomic E-state index is 13.9. The van der Waals surface area contributed by atoms with Gasteiger partial charge in [-0.15, -0.1) is 0 Å². The Hall–Kier alpha value is -3.53. The molecule has 29 heavy (non-hydrogen) atoms. The van der Waals surface area contributed by atoms with Gasteiger partial charge >= 0.3 is 0 Å². The molecule has 2 aromatic rings. The number of aliphatic hydroxyl groups is 1. The number of nitrogens with zero attached hydrogens (tertiary/aromatic N) is 1. The molecule has 10 heteroatoms. The zero-order chi connectivity index (χ0) is 21.8. The molecular formula is C19H20FN3O6. The van der Waals surface area contributed by atoms with Crippen molar-refractivity contribution in [3.05, 3.63) is 57.9 Å². The van der Waals surface area contributed by atoms with E-state index < -0.39 is 34.8 Å². The first kappa shape index (κ1) is 21.8. The van der Waals surface area contributed by atoms with Gasteiger partial charge in [-0.3, -0.25) is 19.7 Å². The van der Waals surface area contributed by atoms with E-state index in [2.05, 4.69) is 10.6 Å². The topological polar surface area (TPSA) is 131 Å². The first-order valence-corrected chi connectivity index (χ1v) is 8.48. The minimum Gasteiger partial charge on any atom is -0.490 e. The van der Waals surface area contributed by atoms with Crippen LogP contribution in [0.3, 0.4) is 0 Å². The lowest BCUT2D eigenvalue weighted by atomic mass is 10.1. The highest BCUT2D eigenvalue weighted by molar-refractivity contribution is 5.97. The minimum atomic E-state index is -2.01. The Morgan fingerprint density at radius 2 is 1.93 bits per heavy atom. The lowest BCUT2D eigenvalue weighted by molar-refractivity contribution is -0.385. The molecule has 2 aromatic carbocycles. The molecule has 0 radical (unpaired) electrons. The fraction of sp³-hybridized carbons (Fsp3) is 0.263. The van der Waals surface area contributed by atoms with Gasteiger partial charge in [0.1, 0.15) is 18.2 Å². The van der Waals surface area contributed by atoms with Crippen molar-refractivity contribution < 1.29 is 28.7 Å². The van der Waals surface area contributed by atoms with Gasteiger partial charge in [0.25, 0.3) is 11.6 Å². The monoisotopic (exact) mass is 405 g/mol. The van der Waals surface area contributed by atoms with E-state index in [0.717, 1.165) is 6.07 Å². The van der Waals surface area contributed by atoms with E-state index in [1.165, 1.54) is 44.2 Å². The lowest BCUT2D eigenvalue weighted by Crippen LogP contribution is -2.45. The largest absolute Gasteiger partial charge is 0.490 e. The van der Waals surface area contributed by atoms with Gasteiger partial charge in [0.05, 0.1) is 10.6 Å². The summed E-state index contributed by atoms with van der Waals surface area (Å²) >= 11 is 0. The van der Waals surface area contributed by atoms with Crippen molar-refractivity contribution in [1.29, 1.82) is 0 Å². The van der Waals surface area contributed by atoms with E-state index >= 15 is 0 Å². The fourth-order valence-electron chi connectivity index (χ4n) is 2.32. The summed E-state index contributed by atoms with van der Waals surface area (Å²) in [5.74, 6) is -2.00. The Kier molecular flexibility index (Phi) is 6.49. The van der Waals surface area contributed by atoms with E-state index in [4.69, 9.17) is 4.74 Å². The molecule has 2 amide bonds. The quantitative estimate of drug-likeness (QED) is 0.480. The molecule has 0 unspecified atom stereocenters. The Labute approximate surface area is 165 Å². The summed E-state index contributed by atoms with van der Waals surface area (Å²) in [5, 5.41) is 26.0. The van der Waals surface area contributed by atoms with Gasteiger partial charge in [-0.05, 0) is 32.0 Å². The Morgan fingerprint density at radius 3 is 2.52 bits per heavy atom. The van der Waals surface area contributed by atoms with Crippen LogP contribution in [-0.2, 0) is 9.59 Å². The summed E-state index contributed by atoms with van der Waals surface area (Å²) < 4.78 is 19.2. The van der Waals surface area contributed by atoms with Crippen molar-refractivity contribution in [2.75, 3.05) is 17.2 Å². The van der Waals surface area contributed by atoms with E-state index in [1.807, 2.05) is 0 Å². The van der Waals surface area contributed by atoms with E-state index in [0.29, 0.717) is 5.56 Å². The molecule has 0 aliphatic heterocycles. The third kappa shape index (κ3) is 5.72. The summed E-state index contributed by atoms with van der Waals surface area (Å²) in [4.78, 5) is 33.7. The number of nitro groups is 1. The van der Waals surface area contributed by atoms with Crippen LogP contribution < -0.4 is 15.4 Å². The first-order valence-electron chi connectivity index (χ1n) is 8.48. The molecule has 2 rings (SSSR count). The molecule has 0 saturated heterocycles. The van der Waals surface area contributed by atoms with Crippen LogP contribution in [-0.4, -0.2) is 34.1 Å². The summed E-state index contributed by atoms with van der Waals surface area (Å²) in [7, 11) is 0. The molecule has 0 heterocycles. The number of rotatable bonds is 7. The number of hydrogen-bond acceptors (Lipinski definition) is 6. The van der Waals surface area contributed by atoms with Crippen LogP contribution in [0.25, 0.3) is 0 Å². The molecule has 0 aliphatic carbocycles. The van der Waals surface area contributed by atoms with Crippen LogP contribution in [0, 0.1) is 22.9 Å². The van der Waals surface area contributed by atoms with Gasteiger partial charge in [-0.25, -0.2) is 4.39 Å². The van der Waals surface area contributed by atoms with Gasteiger partial charge < -0.3 is 20.5 Å². The Morgan fingerprint density at radius 1 is 1.24 bits per heavy atom. The van der Waals surface area contributed by atoms with Crippen LogP contribution in [0.4, 0.5) is 21.5 Å². The van der Waals surface area contributed by atoms with Crippen molar-refractivity contribution in [2.24, 2.45) is 0 Å². The van der Waals surface area contributed by atoms with E-state index in [9.17, 15) is 29.2 Å². The van der Waals surface area contributed by atoms with Crippen LogP contribution in [0.2, 0.25) is 0 Å². The van der Waals surface area contributed by atoms with E-state index in [1.54, 1.807) is 6.92 Å². The molecule has 0 fully saturated rings. The van der Waals surface area contributed by atoms with Crippen LogP contribution in [0.5, 0.6) is 5.75 Å². The third-order valence-electron chi connectivity index (χ3n) is 3.92. The predicted octanol–water partition coefficient (Wildman–Crippen LogP) is 2.77. The molecule has 9 nitrogen and oxygen atoms in total. The van der Waals surface area contributed by atoms with Crippen molar-refractivity contribution in [3.8, 4) is 5.75 Å². The number of anilines is 2. The van der Waals surface area contributed by atoms with Crippen LogP contribution >= 0.6 is 0 Å². The smallest absolute Gasteiger partial charge is 0.274 e. The molecule has 0 aromatic heterocycles. The predicted molar refractivity (Wildman–Crippen MR) is 103 cm³/mol. The normalized spacial score (nSPS) is 12.6. The number of aryl methyl sites for hydroxylation is 1. The second kappa shape index (κ2) is 8.65. The van der Waals surface area contributed by atoms with Crippen molar-refractivity contribution in [1.82, 2.24) is 0 Å². The molecule has 154 valence electrons. The maximum Gasteiger partial charge on any atom is 0.274 e. The maximum absolute atomic E-state index is 13.9. The van der Waals surface area contributed by atoms with Crippen molar-refractivity contribution in [3.63, 3.8) is 0 Å². The summed E-state index contributed by atoms with van der Waals surface area (Å²) in [6.45, 7) is 3.48. The third-order valence-corrected chi connectivity index (χ3v) is 3.92. The fourth-order valence-corrected chi connectivity index (χ4v) is 2.32. The lowest BCUT2D eigenvalue weighted by Gasteiger charge is -2.22. The number of carbonyl (C=O) groups excluding carboxylic acids is 2. The Bertz CT molecular complexity index is 961. The number of nitro benzene ring substituents is 1. The second-order valence-corrected chi connectivity index (χ2v) is 6.60. The zero-order valence-corrected chi connectivity index (χ0v) is 16.0. The average molecular weight is 405 g/mol. The summed E-state index contributed by atoms with van der Waals surface area (Å²) in [6.07, 6.45) is 0. The van der Waals surface area contributed by atoms with Gasteiger partial charge in [0.15, 0.2) is 5.60 Å². The van der Waals surface area contributed by atoms with E-state index in [-0.39, 0.29) is 22.8 Å². The Balaban J connectivity index is 2.04. The van der Waals surface area contributed by atoms with Gasteiger partial charge in [-0.1, -0.05) is 6.07 Å². The molecule has 3 N–H and O–H groups in total. The second-order valence-electron chi connectivity index (χ2n) is 6.60. The summed E-state index contributed by atoms with van der Waals surface area (Å²) in [6, 6.07) is 7.77. The van der Waals surface area contributed by atoms with Crippen molar-refractivity contribution >= 4 is 28.9 Å².